The largest absolute Gasteiger partial charge is 0.490 e. The topological polar surface area (TPSA) is 52.6 Å². The van der Waals surface area contributed by atoms with Crippen LogP contribution in [0.25, 0.3) is 0 Å². The first-order valence-electron chi connectivity index (χ1n) is 7.96. The number of carbonyl (C=O) groups is 2. The molecule has 1 aliphatic heterocycles. The molecule has 0 radical (unpaired) electrons. The van der Waals surface area contributed by atoms with E-state index < -0.39 is 5.41 Å². The van der Waals surface area contributed by atoms with E-state index in [1.165, 1.54) is 0 Å². The van der Waals surface area contributed by atoms with Crippen molar-refractivity contribution < 1.29 is 19.1 Å². The average Bonchev–Trinajstić information content (AvgIpc) is 2.52. The molecular formula is C18H23BrO4. The van der Waals surface area contributed by atoms with Crippen LogP contribution in [0.5, 0.6) is 5.75 Å². The Balaban J connectivity index is 2.33. The lowest BCUT2D eigenvalue weighted by Crippen LogP contribution is -2.42. The Bertz CT molecular complexity index is 599. The number of hydrogen-bond acceptors (Lipinski definition) is 4. The van der Waals surface area contributed by atoms with Gasteiger partial charge in [0, 0.05) is 18.4 Å². The summed E-state index contributed by atoms with van der Waals surface area (Å²) in [7, 11) is 0. The zero-order chi connectivity index (χ0) is 17.0. The number of benzene rings is 1. The van der Waals surface area contributed by atoms with Crippen LogP contribution in [0, 0.1) is 0 Å². The number of halogens is 1. The van der Waals surface area contributed by atoms with Crippen molar-refractivity contribution in [2.24, 2.45) is 0 Å². The van der Waals surface area contributed by atoms with E-state index in [0.29, 0.717) is 31.2 Å². The number of hydrogen-bond donors (Lipinski definition) is 0. The molecule has 0 fully saturated rings. The van der Waals surface area contributed by atoms with Crippen LogP contribution in [-0.4, -0.2) is 29.8 Å². The van der Waals surface area contributed by atoms with Gasteiger partial charge in [0.25, 0.3) is 0 Å². The molecule has 0 spiro atoms. The molecule has 1 heterocycles. The molecular weight excluding hydrogens is 360 g/mol. The minimum absolute atomic E-state index is 0.0424. The van der Waals surface area contributed by atoms with E-state index in [2.05, 4.69) is 15.9 Å². The number of ketones is 1. The minimum atomic E-state index is -0.559. The van der Waals surface area contributed by atoms with Crippen molar-refractivity contribution in [2.45, 2.75) is 51.6 Å². The number of esters is 1. The van der Waals surface area contributed by atoms with E-state index in [1.807, 2.05) is 32.0 Å². The summed E-state index contributed by atoms with van der Waals surface area (Å²) >= 11 is 3.29. The van der Waals surface area contributed by atoms with Crippen LogP contribution in [-0.2, 0) is 26.2 Å². The Morgan fingerprint density at radius 3 is 2.83 bits per heavy atom. The number of Topliss-reactive ketones (excluding diaryl/α,β-unsaturated/α-hetero) is 1. The maximum absolute atomic E-state index is 12.5. The molecule has 126 valence electrons. The quantitative estimate of drug-likeness (QED) is 0.557. The van der Waals surface area contributed by atoms with Crippen LogP contribution in [0.2, 0.25) is 0 Å². The second-order valence-electron chi connectivity index (χ2n) is 6.12. The van der Waals surface area contributed by atoms with Gasteiger partial charge >= 0.3 is 5.97 Å². The summed E-state index contributed by atoms with van der Waals surface area (Å²) in [5, 5.41) is 0.322. The van der Waals surface area contributed by atoms with Crippen LogP contribution >= 0.6 is 15.9 Å². The van der Waals surface area contributed by atoms with Gasteiger partial charge in [0.05, 0.1) is 23.5 Å². The van der Waals surface area contributed by atoms with E-state index in [-0.39, 0.29) is 17.9 Å². The van der Waals surface area contributed by atoms with Crippen LogP contribution in [0.4, 0.5) is 0 Å². The van der Waals surface area contributed by atoms with Crippen LogP contribution in [0.1, 0.15) is 44.7 Å². The summed E-state index contributed by atoms with van der Waals surface area (Å²) in [6, 6.07) is 5.84. The summed E-state index contributed by atoms with van der Waals surface area (Å²) in [6.07, 6.45) is 1.48. The molecule has 0 saturated heterocycles. The van der Waals surface area contributed by atoms with E-state index in [9.17, 15) is 9.59 Å². The predicted octanol–water partition coefficient (Wildman–Crippen LogP) is 3.58. The molecule has 1 aromatic rings. The Morgan fingerprint density at radius 1 is 1.43 bits per heavy atom. The molecule has 23 heavy (non-hydrogen) atoms. The van der Waals surface area contributed by atoms with Crippen molar-refractivity contribution in [1.82, 2.24) is 0 Å². The molecule has 2 unspecified atom stereocenters. The lowest BCUT2D eigenvalue weighted by molar-refractivity contribution is -0.143. The first-order chi connectivity index (χ1) is 10.9. The number of para-hydroxylation sites is 1. The summed E-state index contributed by atoms with van der Waals surface area (Å²) in [6.45, 7) is 6.13. The van der Waals surface area contributed by atoms with Gasteiger partial charge in [-0.1, -0.05) is 34.1 Å². The van der Waals surface area contributed by atoms with Crippen molar-refractivity contribution in [3.63, 3.8) is 0 Å². The van der Waals surface area contributed by atoms with E-state index in [4.69, 9.17) is 9.47 Å². The van der Waals surface area contributed by atoms with Gasteiger partial charge in [-0.3, -0.25) is 9.59 Å². The summed E-state index contributed by atoms with van der Waals surface area (Å²) in [5.41, 5.74) is 1.31. The van der Waals surface area contributed by atoms with Crippen molar-refractivity contribution in [2.75, 3.05) is 11.9 Å². The number of rotatable bonds is 6. The third-order valence-electron chi connectivity index (χ3n) is 4.35. The van der Waals surface area contributed by atoms with Crippen molar-refractivity contribution in [3.8, 4) is 5.75 Å². The molecule has 0 aliphatic carbocycles. The van der Waals surface area contributed by atoms with E-state index in [1.54, 1.807) is 6.92 Å². The fraction of sp³-hybridized carbons (Fsp3) is 0.556. The maximum Gasteiger partial charge on any atom is 0.306 e. The first kappa shape index (κ1) is 18.0. The number of carbonyl (C=O) groups excluding carboxylic acids is 2. The molecule has 1 aliphatic rings. The Morgan fingerprint density at radius 2 is 2.17 bits per heavy atom. The molecule has 0 saturated carbocycles. The van der Waals surface area contributed by atoms with Crippen molar-refractivity contribution in [1.29, 1.82) is 0 Å². The molecule has 0 N–H and O–H groups in total. The Hall–Kier alpha value is -1.36. The Kier molecular flexibility index (Phi) is 5.84. The molecule has 4 nitrogen and oxygen atoms in total. The molecule has 2 rings (SSSR count). The lowest BCUT2D eigenvalue weighted by atomic mass is 9.72. The highest BCUT2D eigenvalue weighted by molar-refractivity contribution is 9.09. The van der Waals surface area contributed by atoms with E-state index >= 15 is 0 Å². The van der Waals surface area contributed by atoms with Crippen LogP contribution < -0.4 is 4.74 Å². The van der Waals surface area contributed by atoms with Gasteiger partial charge in [-0.25, -0.2) is 0 Å². The van der Waals surface area contributed by atoms with Gasteiger partial charge < -0.3 is 9.47 Å². The normalized spacial score (nSPS) is 22.9. The van der Waals surface area contributed by atoms with Gasteiger partial charge in [0.1, 0.15) is 5.75 Å². The summed E-state index contributed by atoms with van der Waals surface area (Å²) < 4.78 is 11.0. The second-order valence-corrected chi connectivity index (χ2v) is 6.68. The smallest absolute Gasteiger partial charge is 0.306 e. The van der Waals surface area contributed by atoms with Crippen molar-refractivity contribution >= 4 is 27.7 Å². The fourth-order valence-corrected chi connectivity index (χ4v) is 3.78. The van der Waals surface area contributed by atoms with Crippen molar-refractivity contribution in [3.05, 3.63) is 29.3 Å². The second kappa shape index (κ2) is 7.47. The number of alkyl halides is 1. The molecule has 2 atom stereocenters. The number of aryl methyl sites for hydroxylation is 1. The third-order valence-corrected chi connectivity index (χ3v) is 4.86. The standard InChI is InChI=1S/C18H23BrO4/c1-4-22-16(21)9-8-13-6-5-7-14-17(13)23-12(2)10-18(14,3)15(20)11-19/h5-7,12H,4,8-11H2,1-3H3. The highest BCUT2D eigenvalue weighted by Gasteiger charge is 2.42. The molecule has 0 bridgehead atoms. The zero-order valence-corrected chi connectivity index (χ0v) is 15.4. The highest BCUT2D eigenvalue weighted by Crippen LogP contribution is 2.44. The lowest BCUT2D eigenvalue weighted by Gasteiger charge is -2.38. The minimum Gasteiger partial charge on any atom is -0.490 e. The summed E-state index contributed by atoms with van der Waals surface area (Å²) in [4.78, 5) is 24.1. The molecule has 5 heteroatoms. The molecule has 0 aromatic heterocycles. The van der Waals surface area contributed by atoms with Gasteiger partial charge in [0.2, 0.25) is 0 Å². The SMILES string of the molecule is CCOC(=O)CCc1cccc2c1OC(C)CC2(C)C(=O)CBr. The molecule has 0 amide bonds. The number of ether oxygens (including phenoxy) is 2. The zero-order valence-electron chi connectivity index (χ0n) is 13.9. The summed E-state index contributed by atoms with van der Waals surface area (Å²) in [5.74, 6) is 0.692. The average molecular weight is 383 g/mol. The Labute approximate surface area is 145 Å². The first-order valence-corrected chi connectivity index (χ1v) is 9.08. The monoisotopic (exact) mass is 382 g/mol. The maximum atomic E-state index is 12.5. The highest BCUT2D eigenvalue weighted by atomic mass is 79.9. The van der Waals surface area contributed by atoms with Gasteiger partial charge in [-0.15, -0.1) is 0 Å². The fourth-order valence-electron chi connectivity index (χ4n) is 3.16. The third kappa shape index (κ3) is 3.77. The van der Waals surface area contributed by atoms with E-state index in [0.717, 1.165) is 16.9 Å². The van der Waals surface area contributed by atoms with Gasteiger partial charge in [-0.2, -0.15) is 0 Å². The van der Waals surface area contributed by atoms with Gasteiger partial charge in [-0.05, 0) is 32.8 Å². The number of fused-ring (bicyclic) bond motifs is 1. The van der Waals surface area contributed by atoms with Crippen LogP contribution in [0.15, 0.2) is 18.2 Å². The molecule has 1 aromatic carbocycles. The van der Waals surface area contributed by atoms with Gasteiger partial charge in [0.15, 0.2) is 5.78 Å². The van der Waals surface area contributed by atoms with Crippen LogP contribution in [0.3, 0.4) is 0 Å². The predicted molar refractivity (Wildman–Crippen MR) is 92.3 cm³/mol.